The predicted octanol–water partition coefficient (Wildman–Crippen LogP) is 3.93. The number of carbonyl (C=O) groups excluding carboxylic acids is 2. The second-order valence-electron chi connectivity index (χ2n) is 9.19. The number of hydrogen-bond acceptors (Lipinski definition) is 2. The molecule has 31 heavy (non-hydrogen) atoms. The first-order valence-electron chi connectivity index (χ1n) is 10.6. The van der Waals surface area contributed by atoms with Gasteiger partial charge < -0.3 is 20.9 Å². The molecule has 0 aliphatic carbocycles. The fourth-order valence-corrected chi connectivity index (χ4v) is 3.62. The Morgan fingerprint density at radius 1 is 0.903 bits per heavy atom. The third-order valence-corrected chi connectivity index (χ3v) is 5.14. The molecule has 3 aromatic rings. The lowest BCUT2D eigenvalue weighted by atomic mass is 9.91. The minimum Gasteiger partial charge on any atom is -0.361 e. The van der Waals surface area contributed by atoms with Gasteiger partial charge in [-0.1, -0.05) is 48.5 Å². The molecule has 0 saturated heterocycles. The first-order chi connectivity index (χ1) is 14.7. The molecule has 0 fully saturated rings. The van der Waals surface area contributed by atoms with Crippen molar-refractivity contribution in [2.45, 2.75) is 51.6 Å². The van der Waals surface area contributed by atoms with Crippen LogP contribution in [-0.4, -0.2) is 34.5 Å². The van der Waals surface area contributed by atoms with E-state index in [1.807, 2.05) is 81.6 Å². The van der Waals surface area contributed by atoms with E-state index < -0.39 is 11.1 Å². The number of H-pyrrole nitrogens is 1. The van der Waals surface area contributed by atoms with Crippen LogP contribution < -0.4 is 16.0 Å². The minimum atomic E-state index is -1.11. The van der Waals surface area contributed by atoms with Gasteiger partial charge in [0.1, 0.15) is 5.54 Å². The SMILES string of the molecule is CC(C)(C)NC(=O)NC(C)(Cc1c[nH]c2ccccc12)C(=O)NCCc1ccccc1. The van der Waals surface area contributed by atoms with E-state index in [1.165, 1.54) is 0 Å². The van der Waals surface area contributed by atoms with Gasteiger partial charge in [-0.3, -0.25) is 4.79 Å². The molecule has 4 N–H and O–H groups in total. The summed E-state index contributed by atoms with van der Waals surface area (Å²) in [4.78, 5) is 29.2. The summed E-state index contributed by atoms with van der Waals surface area (Å²) in [5.41, 5.74) is 1.61. The third-order valence-electron chi connectivity index (χ3n) is 5.14. The summed E-state index contributed by atoms with van der Waals surface area (Å²) in [7, 11) is 0. The molecule has 1 atom stereocenters. The number of nitrogens with one attached hydrogen (secondary N) is 4. The number of aromatic amines is 1. The quantitative estimate of drug-likeness (QED) is 0.467. The van der Waals surface area contributed by atoms with E-state index in [-0.39, 0.29) is 11.9 Å². The molecule has 3 rings (SSSR count). The Morgan fingerprint density at radius 3 is 2.29 bits per heavy atom. The summed E-state index contributed by atoms with van der Waals surface area (Å²) in [5.74, 6) is -0.210. The van der Waals surface area contributed by atoms with Gasteiger partial charge in [-0.15, -0.1) is 0 Å². The van der Waals surface area contributed by atoms with Gasteiger partial charge in [0.25, 0.3) is 0 Å². The average molecular weight is 421 g/mol. The second-order valence-corrected chi connectivity index (χ2v) is 9.19. The molecule has 0 saturated carbocycles. The highest BCUT2D eigenvalue weighted by Crippen LogP contribution is 2.23. The fourth-order valence-electron chi connectivity index (χ4n) is 3.62. The van der Waals surface area contributed by atoms with Crippen LogP contribution in [0.15, 0.2) is 60.8 Å². The van der Waals surface area contributed by atoms with Gasteiger partial charge in [-0.25, -0.2) is 4.79 Å². The Morgan fingerprint density at radius 2 is 1.58 bits per heavy atom. The number of rotatable bonds is 7. The van der Waals surface area contributed by atoms with E-state index in [2.05, 4.69) is 20.9 Å². The number of aromatic nitrogens is 1. The van der Waals surface area contributed by atoms with Gasteiger partial charge in [0.05, 0.1) is 0 Å². The van der Waals surface area contributed by atoms with E-state index in [4.69, 9.17) is 0 Å². The van der Waals surface area contributed by atoms with Crippen molar-refractivity contribution in [3.63, 3.8) is 0 Å². The standard InChI is InChI=1S/C25H32N4O2/c1-24(2,3)28-23(31)29-25(4,16-19-17-27-21-13-9-8-12-20(19)21)22(30)26-15-14-18-10-6-5-7-11-18/h5-13,17,27H,14-16H2,1-4H3,(H,26,30)(H2,28,29,31). The lowest BCUT2D eigenvalue weighted by Crippen LogP contribution is -2.62. The summed E-state index contributed by atoms with van der Waals surface area (Å²) >= 11 is 0. The number of amides is 3. The minimum absolute atomic E-state index is 0.210. The third kappa shape index (κ3) is 6.10. The summed E-state index contributed by atoms with van der Waals surface area (Å²) in [6, 6.07) is 17.6. The van der Waals surface area contributed by atoms with E-state index in [9.17, 15) is 9.59 Å². The van der Waals surface area contributed by atoms with Gasteiger partial charge >= 0.3 is 6.03 Å². The van der Waals surface area contributed by atoms with Crippen LogP contribution in [0.25, 0.3) is 10.9 Å². The molecule has 0 aliphatic heterocycles. The highest BCUT2D eigenvalue weighted by molar-refractivity contribution is 5.92. The molecule has 1 aromatic heterocycles. The lowest BCUT2D eigenvalue weighted by molar-refractivity contribution is -0.126. The van der Waals surface area contributed by atoms with Gasteiger partial charge in [0.15, 0.2) is 0 Å². The normalized spacial score (nSPS) is 13.4. The Balaban J connectivity index is 1.77. The number of hydrogen-bond donors (Lipinski definition) is 4. The van der Waals surface area contributed by atoms with Crippen molar-refractivity contribution in [2.75, 3.05) is 6.54 Å². The molecule has 164 valence electrons. The summed E-state index contributed by atoms with van der Waals surface area (Å²) in [6.45, 7) is 7.99. The molecule has 0 bridgehead atoms. The topological polar surface area (TPSA) is 86.0 Å². The van der Waals surface area contributed by atoms with Crippen molar-refractivity contribution >= 4 is 22.8 Å². The largest absolute Gasteiger partial charge is 0.361 e. The van der Waals surface area contributed by atoms with Crippen LogP contribution in [0, 0.1) is 0 Å². The van der Waals surface area contributed by atoms with E-state index in [1.54, 1.807) is 6.92 Å². The zero-order chi connectivity index (χ0) is 22.5. The molecular weight excluding hydrogens is 388 g/mol. The highest BCUT2D eigenvalue weighted by atomic mass is 16.2. The van der Waals surface area contributed by atoms with Crippen LogP contribution in [0.5, 0.6) is 0 Å². The zero-order valence-electron chi connectivity index (χ0n) is 18.7. The van der Waals surface area contributed by atoms with E-state index in [0.29, 0.717) is 13.0 Å². The molecule has 6 heteroatoms. The molecule has 0 spiro atoms. The van der Waals surface area contributed by atoms with Gasteiger partial charge in [-0.05, 0) is 51.3 Å². The molecule has 1 heterocycles. The first kappa shape index (κ1) is 22.4. The van der Waals surface area contributed by atoms with Crippen molar-refractivity contribution in [3.8, 4) is 0 Å². The molecule has 1 unspecified atom stereocenters. The van der Waals surface area contributed by atoms with Crippen LogP contribution in [-0.2, 0) is 17.6 Å². The monoisotopic (exact) mass is 420 g/mol. The molecule has 0 aliphatic rings. The van der Waals surface area contributed by atoms with Crippen LogP contribution in [0.3, 0.4) is 0 Å². The number of para-hydroxylation sites is 1. The van der Waals surface area contributed by atoms with Gasteiger partial charge in [0, 0.05) is 35.6 Å². The summed E-state index contributed by atoms with van der Waals surface area (Å²) in [6.07, 6.45) is 3.00. The Bertz CT molecular complexity index is 1040. The molecule has 3 amide bonds. The number of carbonyl (C=O) groups is 2. The maximum absolute atomic E-state index is 13.3. The molecule has 6 nitrogen and oxygen atoms in total. The zero-order valence-corrected chi connectivity index (χ0v) is 18.7. The van der Waals surface area contributed by atoms with Crippen LogP contribution in [0.2, 0.25) is 0 Å². The average Bonchev–Trinajstić information content (AvgIpc) is 3.10. The number of fused-ring (bicyclic) bond motifs is 1. The fraction of sp³-hybridized carbons (Fsp3) is 0.360. The Labute approximate surface area is 183 Å². The molecule has 0 radical (unpaired) electrons. The van der Waals surface area contributed by atoms with Crippen LogP contribution in [0.1, 0.15) is 38.8 Å². The lowest BCUT2D eigenvalue weighted by Gasteiger charge is -2.31. The maximum Gasteiger partial charge on any atom is 0.316 e. The summed E-state index contributed by atoms with van der Waals surface area (Å²) in [5, 5.41) is 9.87. The van der Waals surface area contributed by atoms with E-state index in [0.717, 1.165) is 28.5 Å². The smallest absolute Gasteiger partial charge is 0.316 e. The predicted molar refractivity (Wildman–Crippen MR) is 125 cm³/mol. The highest BCUT2D eigenvalue weighted by Gasteiger charge is 2.36. The van der Waals surface area contributed by atoms with Crippen molar-refractivity contribution in [3.05, 3.63) is 71.9 Å². The van der Waals surface area contributed by atoms with Gasteiger partial charge in [-0.2, -0.15) is 0 Å². The molecule has 2 aromatic carbocycles. The number of benzene rings is 2. The van der Waals surface area contributed by atoms with Crippen LogP contribution >= 0.6 is 0 Å². The second kappa shape index (κ2) is 9.25. The van der Waals surface area contributed by atoms with Crippen molar-refractivity contribution in [1.29, 1.82) is 0 Å². The summed E-state index contributed by atoms with van der Waals surface area (Å²) < 4.78 is 0. The Hall–Kier alpha value is -3.28. The molecular formula is C25H32N4O2. The van der Waals surface area contributed by atoms with E-state index >= 15 is 0 Å². The first-order valence-corrected chi connectivity index (χ1v) is 10.6. The van der Waals surface area contributed by atoms with Crippen molar-refractivity contribution in [2.24, 2.45) is 0 Å². The van der Waals surface area contributed by atoms with Crippen molar-refractivity contribution < 1.29 is 9.59 Å². The van der Waals surface area contributed by atoms with Crippen LogP contribution in [0.4, 0.5) is 4.79 Å². The maximum atomic E-state index is 13.3. The Kier molecular flexibility index (Phi) is 6.68. The van der Waals surface area contributed by atoms with Gasteiger partial charge in [0.2, 0.25) is 5.91 Å². The number of urea groups is 1. The van der Waals surface area contributed by atoms with Crippen molar-refractivity contribution in [1.82, 2.24) is 20.9 Å².